The lowest BCUT2D eigenvalue weighted by molar-refractivity contribution is -0.109. The van der Waals surface area contributed by atoms with E-state index in [9.17, 15) is 15.2 Å². The van der Waals surface area contributed by atoms with E-state index in [0.717, 1.165) is 33.5 Å². The van der Waals surface area contributed by atoms with E-state index < -0.39 is 5.60 Å². The van der Waals surface area contributed by atoms with E-state index in [1.807, 2.05) is 42.8 Å². The number of aryl methyl sites for hydroxylation is 3. The zero-order valence-corrected chi connectivity index (χ0v) is 21.5. The summed E-state index contributed by atoms with van der Waals surface area (Å²) in [5.74, 6) is 0.802. The molecule has 0 aliphatic carbocycles. The van der Waals surface area contributed by atoms with Crippen LogP contribution in [0.25, 0.3) is 11.0 Å². The summed E-state index contributed by atoms with van der Waals surface area (Å²) in [7, 11) is 1.93. The van der Waals surface area contributed by atoms with Crippen LogP contribution in [0.2, 0.25) is 10.0 Å². The summed E-state index contributed by atoms with van der Waals surface area (Å²) < 4.78 is 1.98. The molecule has 0 aliphatic heterocycles. The molecular weight excluding hydrogens is 471 g/mol. The molecule has 1 unspecified atom stereocenters. The van der Waals surface area contributed by atoms with Gasteiger partial charge in [-0.3, -0.25) is 4.79 Å². The van der Waals surface area contributed by atoms with Crippen LogP contribution in [-0.4, -0.2) is 33.2 Å². The molecule has 0 spiro atoms. The fourth-order valence-corrected chi connectivity index (χ4v) is 4.98. The number of benzene rings is 2. The highest BCUT2D eigenvalue weighted by Gasteiger charge is 2.26. The molecule has 2 N–H and O–H groups in total. The fourth-order valence-electron chi connectivity index (χ4n) is 4.38. The van der Waals surface area contributed by atoms with Crippen molar-refractivity contribution in [1.82, 2.24) is 14.9 Å². The number of aromatic nitrogens is 2. The third-order valence-electron chi connectivity index (χ3n) is 6.48. The largest absolute Gasteiger partial charge is 0.390 e. The average Bonchev–Trinajstić information content (AvgIpc) is 3.09. The quantitative estimate of drug-likeness (QED) is 0.299. The highest BCUT2D eigenvalue weighted by molar-refractivity contribution is 6.36. The van der Waals surface area contributed by atoms with E-state index >= 15 is 0 Å². The molecule has 3 aromatic rings. The lowest BCUT2D eigenvalue weighted by Crippen LogP contribution is -2.33. The van der Waals surface area contributed by atoms with Crippen LogP contribution in [0.3, 0.4) is 0 Å². The van der Waals surface area contributed by atoms with Crippen molar-refractivity contribution in [2.75, 3.05) is 6.54 Å². The molecule has 2 aromatic carbocycles. The van der Waals surface area contributed by atoms with Gasteiger partial charge in [0.2, 0.25) is 6.41 Å². The number of carbonyl (C=O) groups excluding carboxylic acids is 1. The Balaban J connectivity index is 1.87. The van der Waals surface area contributed by atoms with Crippen molar-refractivity contribution in [3.05, 3.63) is 62.4 Å². The maximum Gasteiger partial charge on any atom is 0.207 e. The van der Waals surface area contributed by atoms with E-state index in [1.54, 1.807) is 13.8 Å². The molecule has 0 aliphatic rings. The molecule has 0 radical (unpaired) electrons. The summed E-state index contributed by atoms with van der Waals surface area (Å²) in [6, 6.07) is 9.66. The van der Waals surface area contributed by atoms with Crippen molar-refractivity contribution in [3.63, 3.8) is 0 Å². The monoisotopic (exact) mass is 500 g/mol. The maximum atomic E-state index is 10.6. The Morgan fingerprint density at radius 3 is 2.68 bits per heavy atom. The molecule has 1 heterocycles. The van der Waals surface area contributed by atoms with Crippen LogP contribution in [0.1, 0.15) is 54.8 Å². The first-order chi connectivity index (χ1) is 16.1. The van der Waals surface area contributed by atoms with Gasteiger partial charge in [-0.1, -0.05) is 29.3 Å². The maximum absolute atomic E-state index is 10.6. The van der Waals surface area contributed by atoms with Gasteiger partial charge in [-0.25, -0.2) is 4.98 Å². The lowest BCUT2D eigenvalue weighted by Gasteiger charge is -2.29. The molecule has 6 nitrogen and oxygen atoms in total. The Morgan fingerprint density at radius 2 is 2.03 bits per heavy atom. The molecule has 0 fully saturated rings. The van der Waals surface area contributed by atoms with Crippen molar-refractivity contribution in [1.29, 1.82) is 5.26 Å². The minimum absolute atomic E-state index is 0.00714. The van der Waals surface area contributed by atoms with Gasteiger partial charge in [0, 0.05) is 30.1 Å². The number of fused-ring (bicyclic) bond motifs is 1. The van der Waals surface area contributed by atoms with Crippen LogP contribution >= 0.6 is 23.2 Å². The zero-order valence-electron chi connectivity index (χ0n) is 20.0. The molecule has 1 aromatic heterocycles. The van der Waals surface area contributed by atoms with Gasteiger partial charge < -0.3 is 15.0 Å². The van der Waals surface area contributed by atoms with E-state index in [2.05, 4.69) is 11.4 Å². The van der Waals surface area contributed by atoms with Crippen LogP contribution in [0.5, 0.6) is 0 Å². The Bertz CT molecular complexity index is 1240. The number of rotatable bonds is 10. The SMILES string of the molecule is Cc1cc(C#N)cc2c1nc(Cc1c(Cl)ccc(CCC(CCNC=O)C(C)(C)O)c1Cl)n2C. The topological polar surface area (TPSA) is 90.9 Å². The van der Waals surface area contributed by atoms with Gasteiger partial charge >= 0.3 is 0 Å². The Kier molecular flexibility index (Phi) is 8.25. The molecule has 0 saturated heterocycles. The van der Waals surface area contributed by atoms with Crippen LogP contribution in [-0.2, 0) is 24.7 Å². The molecule has 8 heteroatoms. The van der Waals surface area contributed by atoms with Crippen LogP contribution in [0, 0.1) is 24.2 Å². The standard InChI is InChI=1S/C26H30Cl2N4O2/c1-16-11-17(14-29)12-22-25(16)31-23(32(22)4)13-20-21(27)8-6-18(24(20)28)5-7-19(26(2,3)34)9-10-30-15-33/h6,8,11-12,15,19,34H,5,7,9-10,13H2,1-4H3,(H,30,33). The molecular formula is C26H30Cl2N4O2. The highest BCUT2D eigenvalue weighted by atomic mass is 35.5. The number of hydrogen-bond donors (Lipinski definition) is 2. The molecule has 34 heavy (non-hydrogen) atoms. The van der Waals surface area contributed by atoms with Crippen molar-refractivity contribution >= 4 is 40.6 Å². The Morgan fingerprint density at radius 1 is 1.29 bits per heavy atom. The minimum Gasteiger partial charge on any atom is -0.390 e. The molecule has 1 atom stereocenters. The van der Waals surface area contributed by atoms with E-state index in [0.29, 0.717) is 54.2 Å². The number of nitrogens with zero attached hydrogens (tertiary/aromatic N) is 3. The van der Waals surface area contributed by atoms with Crippen molar-refractivity contribution in [2.45, 2.75) is 52.1 Å². The van der Waals surface area contributed by atoms with Crippen molar-refractivity contribution < 1.29 is 9.90 Å². The third-order valence-corrected chi connectivity index (χ3v) is 7.31. The summed E-state index contributed by atoms with van der Waals surface area (Å²) in [4.78, 5) is 15.4. The first-order valence-corrected chi connectivity index (χ1v) is 12.0. The zero-order chi connectivity index (χ0) is 25.0. The molecule has 3 rings (SSSR count). The number of imidazole rings is 1. The van der Waals surface area contributed by atoms with Crippen LogP contribution in [0.4, 0.5) is 0 Å². The Labute approximate surface area is 210 Å². The molecule has 180 valence electrons. The fraction of sp³-hybridized carbons (Fsp3) is 0.423. The minimum atomic E-state index is -0.875. The normalized spacial score (nSPS) is 12.5. The van der Waals surface area contributed by atoms with E-state index in [-0.39, 0.29) is 5.92 Å². The molecule has 1 amide bonds. The number of amides is 1. The van der Waals surface area contributed by atoms with E-state index in [1.165, 1.54) is 0 Å². The summed E-state index contributed by atoms with van der Waals surface area (Å²) in [6.07, 6.45) is 3.19. The molecule has 0 bridgehead atoms. The number of nitrogens with one attached hydrogen (secondary N) is 1. The lowest BCUT2D eigenvalue weighted by atomic mass is 9.83. The van der Waals surface area contributed by atoms with E-state index in [4.69, 9.17) is 28.2 Å². The van der Waals surface area contributed by atoms with Gasteiger partial charge in [-0.2, -0.15) is 5.26 Å². The van der Waals surface area contributed by atoms with Gasteiger partial charge in [-0.05, 0) is 80.8 Å². The van der Waals surface area contributed by atoms with Gasteiger partial charge in [0.15, 0.2) is 0 Å². The number of carbonyl (C=O) groups is 1. The number of aliphatic hydroxyl groups is 1. The number of halogens is 2. The number of nitriles is 1. The van der Waals surface area contributed by atoms with Gasteiger partial charge in [0.1, 0.15) is 5.82 Å². The first-order valence-electron chi connectivity index (χ1n) is 11.3. The van der Waals surface area contributed by atoms with Gasteiger partial charge in [0.25, 0.3) is 0 Å². The average molecular weight is 501 g/mol. The predicted molar refractivity (Wildman–Crippen MR) is 136 cm³/mol. The van der Waals surface area contributed by atoms with Crippen LogP contribution < -0.4 is 5.32 Å². The summed E-state index contributed by atoms with van der Waals surface area (Å²) in [6.45, 7) is 6.04. The highest BCUT2D eigenvalue weighted by Crippen LogP contribution is 2.34. The second-order valence-corrected chi connectivity index (χ2v) is 10.1. The van der Waals surface area contributed by atoms with Crippen molar-refractivity contribution in [3.8, 4) is 6.07 Å². The van der Waals surface area contributed by atoms with Gasteiger partial charge in [-0.15, -0.1) is 0 Å². The van der Waals surface area contributed by atoms with Crippen molar-refractivity contribution in [2.24, 2.45) is 13.0 Å². The summed E-state index contributed by atoms with van der Waals surface area (Å²) in [5.41, 5.74) is 4.19. The third kappa shape index (κ3) is 5.72. The smallest absolute Gasteiger partial charge is 0.207 e. The Hall–Kier alpha value is -2.59. The first kappa shape index (κ1) is 26.0. The van der Waals surface area contributed by atoms with Crippen LogP contribution in [0.15, 0.2) is 24.3 Å². The number of hydrogen-bond acceptors (Lipinski definition) is 4. The summed E-state index contributed by atoms with van der Waals surface area (Å²) in [5, 5.41) is 23.7. The molecule has 0 saturated carbocycles. The predicted octanol–water partition coefficient (Wildman–Crippen LogP) is 5.11. The summed E-state index contributed by atoms with van der Waals surface area (Å²) >= 11 is 13.4. The second kappa shape index (κ2) is 10.8. The van der Waals surface area contributed by atoms with Gasteiger partial charge in [0.05, 0.1) is 28.3 Å². The second-order valence-electron chi connectivity index (χ2n) is 9.29.